The van der Waals surface area contributed by atoms with Crippen molar-refractivity contribution >= 4 is 34.6 Å². The van der Waals surface area contributed by atoms with Gasteiger partial charge in [0.1, 0.15) is 24.7 Å². The number of unbranched alkanes of at least 4 members (excludes halogenated alkanes) is 2. The first-order chi connectivity index (χ1) is 31.2. The molecule has 0 saturated carbocycles. The van der Waals surface area contributed by atoms with Crippen LogP contribution in [0.4, 0.5) is 0 Å². The average molecular weight is 925 g/mol. The van der Waals surface area contributed by atoms with Crippen LogP contribution in [-0.4, -0.2) is 54.9 Å². The van der Waals surface area contributed by atoms with Crippen molar-refractivity contribution in [1.29, 1.82) is 0 Å². The Kier molecular flexibility index (Phi) is 16.7. The first kappa shape index (κ1) is 48.2. The fraction of sp³-hybridized carbons (Fsp3) is 0.388. The first-order valence-corrected chi connectivity index (χ1v) is 23.4. The van der Waals surface area contributed by atoms with Crippen molar-refractivity contribution in [3.8, 4) is 23.3 Å². The van der Waals surface area contributed by atoms with Gasteiger partial charge >= 0.3 is 21.7 Å². The summed E-state index contributed by atoms with van der Waals surface area (Å²) in [5, 5.41) is 21.1. The number of aryl methyl sites for hydroxylation is 2. The zero-order valence-electron chi connectivity index (χ0n) is 37.3. The maximum absolute atomic E-state index is 13.1. The summed E-state index contributed by atoms with van der Waals surface area (Å²) in [4.78, 5) is 62.2. The van der Waals surface area contributed by atoms with Crippen molar-refractivity contribution in [2.45, 2.75) is 105 Å². The summed E-state index contributed by atoms with van der Waals surface area (Å²) in [6, 6.07) is 22.0. The summed E-state index contributed by atoms with van der Waals surface area (Å²) in [5.74, 6) is 0.187. The van der Waals surface area contributed by atoms with Crippen LogP contribution in [0, 0.1) is 5.41 Å². The van der Waals surface area contributed by atoms with E-state index in [1.54, 1.807) is 63.5 Å². The van der Waals surface area contributed by atoms with Crippen LogP contribution in [0.25, 0.3) is 0 Å². The van der Waals surface area contributed by atoms with E-state index in [-0.39, 0.29) is 59.6 Å². The van der Waals surface area contributed by atoms with Crippen LogP contribution >= 0.6 is 22.7 Å². The highest BCUT2D eigenvalue weighted by molar-refractivity contribution is 7.09. The molecule has 0 aliphatic carbocycles. The molecule has 16 heteroatoms. The Balaban J connectivity index is 1.05. The molecule has 0 spiro atoms. The van der Waals surface area contributed by atoms with Gasteiger partial charge in [0.05, 0.1) is 26.6 Å². The second kappa shape index (κ2) is 22.6. The van der Waals surface area contributed by atoms with Gasteiger partial charge in [-0.3, -0.25) is 38.7 Å². The molecule has 2 atom stereocenters. The van der Waals surface area contributed by atoms with Gasteiger partial charge in [-0.15, -0.1) is 0 Å². The van der Waals surface area contributed by atoms with Crippen LogP contribution in [0.3, 0.4) is 0 Å². The maximum Gasteiger partial charge on any atom is 0.312 e. The van der Waals surface area contributed by atoms with Crippen molar-refractivity contribution in [2.75, 3.05) is 13.2 Å². The number of thiazole rings is 2. The number of hydrogen-bond donors (Lipinski definition) is 3. The highest BCUT2D eigenvalue weighted by Gasteiger charge is 2.28. The minimum absolute atomic E-state index is 0.0170. The molecule has 3 N–H and O–H groups in total. The number of pyridine rings is 2. The molecule has 2 unspecified atom stereocenters. The molecule has 6 aromatic rings. The highest BCUT2D eigenvalue weighted by Crippen LogP contribution is 2.28. The molecule has 2 aromatic carbocycles. The molecule has 0 saturated heterocycles. The van der Waals surface area contributed by atoms with Crippen molar-refractivity contribution in [3.05, 3.63) is 148 Å². The fourth-order valence-electron chi connectivity index (χ4n) is 6.60. The van der Waals surface area contributed by atoms with E-state index in [1.165, 1.54) is 4.57 Å². The van der Waals surface area contributed by atoms with Gasteiger partial charge in [0, 0.05) is 38.2 Å². The highest BCUT2D eigenvalue weighted by atomic mass is 32.1. The second-order valence-electron chi connectivity index (χ2n) is 16.7. The Labute approximate surface area is 385 Å². The van der Waals surface area contributed by atoms with Gasteiger partial charge in [-0.1, -0.05) is 85.8 Å². The number of H-pyrrole nitrogens is 1. The number of aromatic hydroxyl groups is 2. The molecule has 4 heterocycles. The number of carbonyl (C=O) groups excluding carboxylic acids is 2. The predicted molar refractivity (Wildman–Crippen MR) is 249 cm³/mol. The third-order valence-corrected chi connectivity index (χ3v) is 12.4. The topological polar surface area (TPSA) is 192 Å². The molecule has 344 valence electrons. The summed E-state index contributed by atoms with van der Waals surface area (Å²) >= 11 is 1.95. The largest absolute Gasteiger partial charge is 0.494 e. The Hall–Kier alpha value is -6.26. The van der Waals surface area contributed by atoms with Gasteiger partial charge in [-0.05, 0) is 98.7 Å². The van der Waals surface area contributed by atoms with E-state index < -0.39 is 17.6 Å². The number of esters is 2. The average Bonchev–Trinajstić information content (AvgIpc) is 3.76. The van der Waals surface area contributed by atoms with Gasteiger partial charge in [0.25, 0.3) is 0 Å². The lowest BCUT2D eigenvalue weighted by Gasteiger charge is -2.23. The van der Waals surface area contributed by atoms with Crippen LogP contribution in [0.5, 0.6) is 23.3 Å². The zero-order valence-corrected chi connectivity index (χ0v) is 39.0. The standard InChI is InChI=1S/C49H56N4O10S2/c1-6-8-9-10-43(54)62-39(29-60-35-17-11-32(12-18-35)25-41-44(55)52-47(58)64-41)37-22-16-34(28-51-37)23-24-53-45(56)42(65-48(53)59)26-33-13-19-36(20-14-33)61-30-40(63-46(57)49(3,4)5)38-21-15-31(7-2)27-50-38/h11-22,27-28,39-40,55-56H,6-10,23-26,29-30H2,1-5H3,(H,52,58). The number of rotatable bonds is 22. The summed E-state index contributed by atoms with van der Waals surface area (Å²) in [6.45, 7) is 9.80. The summed E-state index contributed by atoms with van der Waals surface area (Å²) in [6.07, 6.45) is 6.80. The molecule has 0 amide bonds. The summed E-state index contributed by atoms with van der Waals surface area (Å²) < 4.78 is 25.2. The van der Waals surface area contributed by atoms with E-state index in [2.05, 4.69) is 21.9 Å². The van der Waals surface area contributed by atoms with Gasteiger partial charge in [-0.2, -0.15) is 0 Å². The zero-order chi connectivity index (χ0) is 46.5. The molecule has 0 aliphatic rings. The second-order valence-corrected chi connectivity index (χ2v) is 18.8. The SMILES string of the molecule is CCCCCC(=O)OC(COc1ccc(Cc2sc(=O)[nH]c2O)cc1)c1ccc(CCn2c(O)c(Cc3ccc(OCC(OC(=O)C(C)(C)C)c4ccc(CC)cn4)cc3)sc2=O)cn1. The van der Waals surface area contributed by atoms with Crippen LogP contribution in [0.15, 0.2) is 94.8 Å². The van der Waals surface area contributed by atoms with Crippen LogP contribution in [-0.2, 0) is 51.3 Å². The lowest BCUT2D eigenvalue weighted by molar-refractivity contribution is -0.161. The first-order valence-electron chi connectivity index (χ1n) is 21.7. The fourth-order valence-corrected chi connectivity index (χ4v) is 8.30. The molecule has 4 aromatic heterocycles. The van der Waals surface area contributed by atoms with E-state index in [0.717, 1.165) is 64.2 Å². The minimum Gasteiger partial charge on any atom is -0.494 e. The van der Waals surface area contributed by atoms with Crippen molar-refractivity contribution in [1.82, 2.24) is 19.5 Å². The molecule has 14 nitrogen and oxygen atoms in total. The Morgan fingerprint density at radius 3 is 1.78 bits per heavy atom. The molecule has 0 fully saturated rings. The number of nitrogens with one attached hydrogen (secondary N) is 1. The van der Waals surface area contributed by atoms with E-state index in [9.17, 15) is 29.4 Å². The van der Waals surface area contributed by atoms with Gasteiger partial charge < -0.3 is 29.2 Å². The van der Waals surface area contributed by atoms with E-state index in [1.807, 2.05) is 49.4 Å². The van der Waals surface area contributed by atoms with Crippen LogP contribution < -0.4 is 19.2 Å². The smallest absolute Gasteiger partial charge is 0.312 e. The van der Waals surface area contributed by atoms with Crippen molar-refractivity contribution < 1.29 is 38.7 Å². The van der Waals surface area contributed by atoms with Crippen molar-refractivity contribution in [3.63, 3.8) is 0 Å². The lowest BCUT2D eigenvalue weighted by Crippen LogP contribution is -2.27. The van der Waals surface area contributed by atoms with Crippen LogP contribution in [0.2, 0.25) is 0 Å². The molecular weight excluding hydrogens is 869 g/mol. The Bertz CT molecular complexity index is 2590. The summed E-state index contributed by atoms with van der Waals surface area (Å²) in [5.41, 5.74) is 4.03. The summed E-state index contributed by atoms with van der Waals surface area (Å²) in [7, 11) is 0. The van der Waals surface area contributed by atoms with E-state index >= 15 is 0 Å². The molecular formula is C49H56N4O10S2. The third-order valence-electron chi connectivity index (χ3n) is 10.5. The maximum atomic E-state index is 13.1. The number of nitrogens with zero attached hydrogens (tertiary/aromatic N) is 3. The number of aromatic amines is 1. The number of ether oxygens (including phenoxy) is 4. The Morgan fingerprint density at radius 1 is 0.723 bits per heavy atom. The predicted octanol–water partition coefficient (Wildman–Crippen LogP) is 8.80. The lowest BCUT2D eigenvalue weighted by atomic mass is 9.97. The number of carbonyl (C=O) groups is 2. The normalized spacial score (nSPS) is 12.4. The monoisotopic (exact) mass is 924 g/mol. The number of aromatic nitrogens is 4. The van der Waals surface area contributed by atoms with E-state index in [4.69, 9.17) is 18.9 Å². The van der Waals surface area contributed by atoms with Gasteiger partial charge in [0.2, 0.25) is 11.8 Å². The number of benzene rings is 2. The molecule has 0 aliphatic heterocycles. The van der Waals surface area contributed by atoms with Crippen LogP contribution in [0.1, 0.15) is 116 Å². The minimum atomic E-state index is -0.783. The van der Waals surface area contributed by atoms with Gasteiger partial charge in [0.15, 0.2) is 12.2 Å². The molecule has 0 radical (unpaired) electrons. The van der Waals surface area contributed by atoms with E-state index in [0.29, 0.717) is 58.3 Å². The van der Waals surface area contributed by atoms with Crippen molar-refractivity contribution in [2.24, 2.45) is 5.41 Å². The molecule has 6 rings (SSSR count). The number of hydrogen-bond acceptors (Lipinski definition) is 14. The molecule has 65 heavy (non-hydrogen) atoms. The quantitative estimate of drug-likeness (QED) is 0.0434. The third kappa shape index (κ3) is 13.9. The molecule has 0 bridgehead atoms. The Morgan fingerprint density at radius 2 is 1.28 bits per heavy atom. The van der Waals surface area contributed by atoms with Gasteiger partial charge in [-0.25, -0.2) is 0 Å².